The minimum Gasteiger partial charge on any atom is -0.481 e. The molecule has 0 radical (unpaired) electrons. The Morgan fingerprint density at radius 2 is 2.08 bits per heavy atom. The molecule has 0 aromatic rings. The minimum absolute atomic E-state index is 0.244. The molecule has 0 aromatic carbocycles. The highest BCUT2D eigenvalue weighted by Gasteiger charge is 2.13. The summed E-state index contributed by atoms with van der Waals surface area (Å²) in [5.41, 5.74) is 0. The Bertz CT molecular complexity index is 183. The fraction of sp³-hybridized carbons (Fsp3) is 0.667. The van der Waals surface area contributed by atoms with Crippen molar-refractivity contribution < 1.29 is 9.90 Å². The van der Waals surface area contributed by atoms with Crippen molar-refractivity contribution in [3.8, 4) is 0 Å². The van der Waals surface area contributed by atoms with Gasteiger partial charge in [0.05, 0.1) is 5.92 Å². The van der Waals surface area contributed by atoms with Gasteiger partial charge in [-0.1, -0.05) is 19.9 Å². The van der Waals surface area contributed by atoms with E-state index in [9.17, 15) is 4.79 Å². The summed E-state index contributed by atoms with van der Waals surface area (Å²) < 4.78 is 1.22. The third kappa shape index (κ3) is 5.57. The molecule has 3 heteroatoms. The topological polar surface area (TPSA) is 37.3 Å². The van der Waals surface area contributed by atoms with Crippen LogP contribution in [0, 0.1) is 11.8 Å². The zero-order chi connectivity index (χ0) is 9.72. The van der Waals surface area contributed by atoms with Gasteiger partial charge in [0.2, 0.25) is 0 Å². The number of halogens is 1. The second-order valence-electron chi connectivity index (χ2n) is 3.21. The summed E-state index contributed by atoms with van der Waals surface area (Å²) in [5, 5.41) is 8.64. The predicted octanol–water partition coefficient (Wildman–Crippen LogP) is 3.07. The van der Waals surface area contributed by atoms with Crippen LogP contribution in [0.2, 0.25) is 0 Å². The highest BCUT2D eigenvalue weighted by molar-refractivity contribution is 14.1. The third-order valence-corrected chi connectivity index (χ3v) is 2.02. The molecular formula is C9H15IO2. The van der Waals surface area contributed by atoms with Crippen LogP contribution in [0.25, 0.3) is 0 Å². The zero-order valence-corrected chi connectivity index (χ0v) is 9.83. The van der Waals surface area contributed by atoms with Gasteiger partial charge in [0, 0.05) is 0 Å². The molecule has 2 nitrogen and oxygen atoms in total. The maximum atomic E-state index is 10.5. The van der Waals surface area contributed by atoms with Gasteiger partial charge in [-0.05, 0) is 45.4 Å². The van der Waals surface area contributed by atoms with Gasteiger partial charge in [-0.3, -0.25) is 4.79 Å². The summed E-state index contributed by atoms with van der Waals surface area (Å²) in [6.45, 7) is 5.80. The monoisotopic (exact) mass is 282 g/mol. The molecule has 0 saturated carbocycles. The Hall–Kier alpha value is -0.0600. The molecule has 70 valence electrons. The molecule has 0 rings (SSSR count). The van der Waals surface area contributed by atoms with E-state index in [0.717, 1.165) is 6.42 Å². The van der Waals surface area contributed by atoms with E-state index in [0.29, 0.717) is 5.92 Å². The zero-order valence-electron chi connectivity index (χ0n) is 7.67. The van der Waals surface area contributed by atoms with E-state index < -0.39 is 5.97 Å². The Balaban J connectivity index is 3.92. The van der Waals surface area contributed by atoms with Crippen molar-refractivity contribution in [2.24, 2.45) is 11.8 Å². The van der Waals surface area contributed by atoms with Crippen LogP contribution in [-0.2, 0) is 4.79 Å². The molecule has 12 heavy (non-hydrogen) atoms. The number of aliphatic carboxylic acids is 1. The average molecular weight is 282 g/mol. The van der Waals surface area contributed by atoms with Crippen LogP contribution >= 0.6 is 22.6 Å². The van der Waals surface area contributed by atoms with Gasteiger partial charge in [-0.25, -0.2) is 0 Å². The Kier molecular flexibility index (Phi) is 5.53. The molecule has 0 amide bonds. The summed E-state index contributed by atoms with van der Waals surface area (Å²) in [5.74, 6) is -0.596. The number of hydrogen-bond donors (Lipinski definition) is 1. The second kappa shape index (κ2) is 5.56. The molecule has 0 fully saturated rings. The van der Waals surface area contributed by atoms with Crippen molar-refractivity contribution in [1.82, 2.24) is 0 Å². The first-order valence-corrected chi connectivity index (χ1v) is 5.08. The summed E-state index contributed by atoms with van der Waals surface area (Å²) >= 11 is 2.24. The van der Waals surface area contributed by atoms with Gasteiger partial charge < -0.3 is 5.11 Å². The Labute approximate surface area is 87.2 Å². The fourth-order valence-electron chi connectivity index (χ4n) is 1.12. The quantitative estimate of drug-likeness (QED) is 0.804. The van der Waals surface area contributed by atoms with Crippen molar-refractivity contribution in [2.75, 3.05) is 0 Å². The van der Waals surface area contributed by atoms with Crippen molar-refractivity contribution >= 4 is 28.6 Å². The number of carbonyl (C=O) groups is 1. The van der Waals surface area contributed by atoms with Crippen LogP contribution in [-0.4, -0.2) is 11.1 Å². The highest BCUT2D eigenvalue weighted by Crippen LogP contribution is 2.17. The van der Waals surface area contributed by atoms with Gasteiger partial charge in [0.1, 0.15) is 0 Å². The van der Waals surface area contributed by atoms with Crippen molar-refractivity contribution in [1.29, 1.82) is 0 Å². The highest BCUT2D eigenvalue weighted by atomic mass is 127. The smallest absolute Gasteiger partial charge is 0.306 e. The first kappa shape index (κ1) is 11.9. The van der Waals surface area contributed by atoms with Crippen molar-refractivity contribution in [2.45, 2.75) is 27.2 Å². The minimum atomic E-state index is -0.707. The maximum absolute atomic E-state index is 10.5. The molecule has 0 aliphatic heterocycles. The molecule has 0 aromatic heterocycles. The lowest BCUT2D eigenvalue weighted by atomic mass is 9.97. The molecule has 0 unspecified atom stereocenters. The van der Waals surface area contributed by atoms with Gasteiger partial charge >= 0.3 is 5.97 Å². The van der Waals surface area contributed by atoms with Crippen LogP contribution in [0.3, 0.4) is 0 Å². The number of carboxylic acid groups (broad SMARTS) is 1. The molecule has 0 heterocycles. The maximum Gasteiger partial charge on any atom is 0.306 e. The SMILES string of the molecule is C/C(I)=C\[C@@H](C)C[C@H](C)C(=O)O. The number of carboxylic acids is 1. The van der Waals surface area contributed by atoms with Crippen LogP contribution in [0.1, 0.15) is 27.2 Å². The molecule has 0 saturated heterocycles. The van der Waals surface area contributed by atoms with Crippen molar-refractivity contribution in [3.63, 3.8) is 0 Å². The molecule has 0 aliphatic carbocycles. The number of rotatable bonds is 4. The third-order valence-electron chi connectivity index (χ3n) is 1.66. The standard InChI is InChI=1S/C9H15IO2/c1-6(5-8(3)10)4-7(2)9(11)12/h5-7H,4H2,1-3H3,(H,11,12)/b8-5+/t6-,7-/m0/s1. The van der Waals surface area contributed by atoms with E-state index in [2.05, 4.69) is 28.7 Å². The number of allylic oxidation sites excluding steroid dienone is 2. The van der Waals surface area contributed by atoms with E-state index in [4.69, 9.17) is 5.11 Å². The lowest BCUT2D eigenvalue weighted by molar-refractivity contribution is -0.141. The Morgan fingerprint density at radius 3 is 2.42 bits per heavy atom. The van der Waals surface area contributed by atoms with E-state index in [-0.39, 0.29) is 5.92 Å². The molecule has 0 aliphatic rings. The first-order valence-electron chi connectivity index (χ1n) is 4.00. The summed E-state index contributed by atoms with van der Waals surface area (Å²) in [6, 6.07) is 0. The first-order chi connectivity index (χ1) is 5.43. The van der Waals surface area contributed by atoms with Gasteiger partial charge in [0.15, 0.2) is 0 Å². The van der Waals surface area contributed by atoms with Gasteiger partial charge in [-0.15, -0.1) is 0 Å². The molecule has 2 atom stereocenters. The van der Waals surface area contributed by atoms with E-state index in [1.807, 2.05) is 13.8 Å². The summed E-state index contributed by atoms with van der Waals surface area (Å²) in [6.07, 6.45) is 2.82. The lowest BCUT2D eigenvalue weighted by Crippen LogP contribution is -2.12. The predicted molar refractivity (Wildman–Crippen MR) is 58.4 cm³/mol. The lowest BCUT2D eigenvalue weighted by Gasteiger charge is -2.09. The van der Waals surface area contributed by atoms with Gasteiger partial charge in [0.25, 0.3) is 0 Å². The van der Waals surface area contributed by atoms with Crippen LogP contribution in [0.15, 0.2) is 9.66 Å². The largest absolute Gasteiger partial charge is 0.481 e. The summed E-state index contributed by atoms with van der Waals surface area (Å²) in [4.78, 5) is 10.5. The van der Waals surface area contributed by atoms with Crippen LogP contribution in [0.5, 0.6) is 0 Å². The van der Waals surface area contributed by atoms with Crippen LogP contribution in [0.4, 0.5) is 0 Å². The van der Waals surface area contributed by atoms with Crippen molar-refractivity contribution in [3.05, 3.63) is 9.66 Å². The Morgan fingerprint density at radius 1 is 1.58 bits per heavy atom. The fourth-order valence-corrected chi connectivity index (χ4v) is 1.73. The molecule has 0 spiro atoms. The van der Waals surface area contributed by atoms with E-state index in [1.54, 1.807) is 6.92 Å². The molecular weight excluding hydrogens is 267 g/mol. The summed E-state index contributed by atoms with van der Waals surface area (Å²) in [7, 11) is 0. The van der Waals surface area contributed by atoms with Gasteiger partial charge in [-0.2, -0.15) is 0 Å². The normalized spacial score (nSPS) is 17.2. The molecule has 1 N–H and O–H groups in total. The average Bonchev–Trinajstić information content (AvgIpc) is 1.84. The van der Waals surface area contributed by atoms with E-state index in [1.165, 1.54) is 3.58 Å². The van der Waals surface area contributed by atoms with E-state index >= 15 is 0 Å². The van der Waals surface area contributed by atoms with Crippen LogP contribution < -0.4 is 0 Å². The molecule has 0 bridgehead atoms. The number of hydrogen-bond acceptors (Lipinski definition) is 1. The second-order valence-corrected chi connectivity index (χ2v) is 4.91.